The van der Waals surface area contributed by atoms with E-state index < -0.39 is 0 Å². The number of hydrogen-bond acceptors (Lipinski definition) is 7. The van der Waals surface area contributed by atoms with Crippen molar-refractivity contribution in [3.8, 4) is 11.4 Å². The number of aryl methyl sites for hydroxylation is 1. The van der Waals surface area contributed by atoms with Crippen molar-refractivity contribution in [1.82, 2.24) is 25.3 Å². The van der Waals surface area contributed by atoms with Crippen LogP contribution in [-0.4, -0.2) is 70.5 Å². The fourth-order valence-corrected chi connectivity index (χ4v) is 3.68. The average Bonchev–Trinajstić information content (AvgIpc) is 3.38. The molecule has 2 amide bonds. The van der Waals surface area contributed by atoms with E-state index in [0.29, 0.717) is 44.2 Å². The van der Waals surface area contributed by atoms with Gasteiger partial charge < -0.3 is 24.1 Å². The van der Waals surface area contributed by atoms with E-state index in [1.165, 1.54) is 0 Å². The highest BCUT2D eigenvalue weighted by Crippen LogP contribution is 2.19. The van der Waals surface area contributed by atoms with E-state index in [1.54, 1.807) is 18.6 Å². The number of rotatable bonds is 5. The molecule has 4 heterocycles. The largest absolute Gasteiger partial charge is 0.472 e. The second-order valence-electron chi connectivity index (χ2n) is 6.92. The molecule has 28 heavy (non-hydrogen) atoms. The summed E-state index contributed by atoms with van der Waals surface area (Å²) in [7, 11) is 0. The Hall–Kier alpha value is -2.39. The zero-order chi connectivity index (χ0) is 18.6. The van der Waals surface area contributed by atoms with E-state index in [-0.39, 0.29) is 30.3 Å². The summed E-state index contributed by atoms with van der Waals surface area (Å²) >= 11 is 0. The Bertz CT molecular complexity index is 794. The van der Waals surface area contributed by atoms with Gasteiger partial charge >= 0.3 is 0 Å². The van der Waals surface area contributed by atoms with Gasteiger partial charge in [0.25, 0.3) is 0 Å². The lowest BCUT2D eigenvalue weighted by atomic mass is 10.0. The topological polar surface area (TPSA) is 105 Å². The summed E-state index contributed by atoms with van der Waals surface area (Å²) in [5, 5.41) is 7.00. The first-order chi connectivity index (χ1) is 13.2. The first-order valence-corrected chi connectivity index (χ1v) is 9.34. The third-order valence-corrected chi connectivity index (χ3v) is 5.12. The molecule has 2 saturated heterocycles. The fourth-order valence-electron chi connectivity index (χ4n) is 3.68. The Kier molecular flexibility index (Phi) is 6.69. The van der Waals surface area contributed by atoms with Gasteiger partial charge in [0.1, 0.15) is 6.26 Å². The van der Waals surface area contributed by atoms with Gasteiger partial charge in [-0.2, -0.15) is 4.98 Å². The summed E-state index contributed by atoms with van der Waals surface area (Å²) in [4.78, 5) is 32.8. The predicted molar refractivity (Wildman–Crippen MR) is 102 cm³/mol. The Balaban J connectivity index is 0.00000225. The third kappa shape index (κ3) is 4.53. The van der Waals surface area contributed by atoms with Crippen LogP contribution in [0, 0.1) is 0 Å². The molecule has 0 bridgehead atoms. The number of nitrogens with zero attached hydrogens (tertiary/aromatic N) is 4. The number of piperazine rings is 1. The molecule has 4 rings (SSSR count). The highest BCUT2D eigenvalue weighted by molar-refractivity contribution is 5.85. The minimum absolute atomic E-state index is 0. The maximum absolute atomic E-state index is 12.6. The summed E-state index contributed by atoms with van der Waals surface area (Å²) in [6.45, 7) is 3.26. The molecule has 9 nitrogen and oxygen atoms in total. The van der Waals surface area contributed by atoms with Gasteiger partial charge in [-0.15, -0.1) is 12.4 Å². The SMILES string of the molecule is Cl.O=C(CCc1nc(-c2ccoc2)no1)N1CCCC(N2CCNCC2=O)C1. The average molecular weight is 410 g/mol. The van der Waals surface area contributed by atoms with Crippen molar-refractivity contribution in [3.63, 3.8) is 0 Å². The van der Waals surface area contributed by atoms with Crippen molar-refractivity contribution < 1.29 is 18.5 Å². The molecule has 1 N–H and O–H groups in total. The number of carbonyl (C=O) groups excluding carboxylic acids is 2. The van der Waals surface area contributed by atoms with Crippen molar-refractivity contribution >= 4 is 24.2 Å². The molecule has 2 aromatic rings. The second kappa shape index (κ2) is 9.20. The predicted octanol–water partition coefficient (Wildman–Crippen LogP) is 1.11. The quantitative estimate of drug-likeness (QED) is 0.788. The first-order valence-electron chi connectivity index (χ1n) is 9.34. The lowest BCUT2D eigenvalue weighted by Crippen LogP contribution is -2.57. The van der Waals surface area contributed by atoms with Crippen LogP contribution in [0.15, 0.2) is 27.5 Å². The highest BCUT2D eigenvalue weighted by atomic mass is 35.5. The number of nitrogens with one attached hydrogen (secondary N) is 1. The Morgan fingerprint density at radius 2 is 2.25 bits per heavy atom. The normalized spacial score (nSPS) is 20.1. The van der Waals surface area contributed by atoms with Gasteiger partial charge in [-0.3, -0.25) is 9.59 Å². The van der Waals surface area contributed by atoms with Gasteiger partial charge in [0.05, 0.1) is 18.4 Å². The van der Waals surface area contributed by atoms with E-state index >= 15 is 0 Å². The summed E-state index contributed by atoms with van der Waals surface area (Å²) in [5.41, 5.74) is 0.746. The molecule has 152 valence electrons. The number of furan rings is 1. The summed E-state index contributed by atoms with van der Waals surface area (Å²) in [6.07, 6.45) is 5.68. The van der Waals surface area contributed by atoms with Gasteiger partial charge in [0.15, 0.2) is 0 Å². The molecule has 2 fully saturated rings. The number of carbonyl (C=O) groups is 2. The summed E-state index contributed by atoms with van der Waals surface area (Å²) < 4.78 is 10.2. The molecule has 0 spiro atoms. The lowest BCUT2D eigenvalue weighted by molar-refractivity contribution is -0.140. The number of piperidine rings is 1. The zero-order valence-corrected chi connectivity index (χ0v) is 16.3. The monoisotopic (exact) mass is 409 g/mol. The van der Waals surface area contributed by atoms with E-state index in [9.17, 15) is 9.59 Å². The van der Waals surface area contributed by atoms with Crippen molar-refractivity contribution in [2.24, 2.45) is 0 Å². The molecule has 0 radical (unpaired) electrons. The van der Waals surface area contributed by atoms with Gasteiger partial charge in [-0.05, 0) is 18.9 Å². The number of halogens is 1. The highest BCUT2D eigenvalue weighted by Gasteiger charge is 2.31. The Morgan fingerprint density at radius 3 is 3.04 bits per heavy atom. The van der Waals surface area contributed by atoms with Crippen LogP contribution in [0.4, 0.5) is 0 Å². The molecular formula is C18H24ClN5O4. The molecule has 0 aromatic carbocycles. The van der Waals surface area contributed by atoms with Crippen LogP contribution in [0.25, 0.3) is 11.4 Å². The number of aromatic nitrogens is 2. The Labute approximate surface area is 168 Å². The van der Waals surface area contributed by atoms with Gasteiger partial charge in [0.2, 0.25) is 23.5 Å². The molecule has 2 aliphatic heterocycles. The number of hydrogen-bond donors (Lipinski definition) is 1. The molecule has 1 unspecified atom stereocenters. The van der Waals surface area contributed by atoms with E-state index in [1.807, 2.05) is 9.80 Å². The minimum atomic E-state index is 0. The van der Waals surface area contributed by atoms with Crippen LogP contribution >= 0.6 is 12.4 Å². The molecule has 2 aliphatic rings. The van der Waals surface area contributed by atoms with Crippen LogP contribution in [0.5, 0.6) is 0 Å². The fraction of sp³-hybridized carbons (Fsp3) is 0.556. The van der Waals surface area contributed by atoms with Crippen LogP contribution in [-0.2, 0) is 16.0 Å². The maximum Gasteiger partial charge on any atom is 0.236 e. The van der Waals surface area contributed by atoms with Crippen molar-refractivity contribution in [3.05, 3.63) is 24.5 Å². The van der Waals surface area contributed by atoms with Gasteiger partial charge in [0, 0.05) is 45.1 Å². The molecule has 0 saturated carbocycles. The van der Waals surface area contributed by atoms with E-state index in [0.717, 1.165) is 31.5 Å². The smallest absolute Gasteiger partial charge is 0.236 e. The second-order valence-corrected chi connectivity index (χ2v) is 6.92. The van der Waals surface area contributed by atoms with E-state index in [2.05, 4.69) is 15.5 Å². The van der Waals surface area contributed by atoms with Crippen LogP contribution in [0.3, 0.4) is 0 Å². The number of likely N-dealkylation sites (tertiary alicyclic amines) is 1. The Morgan fingerprint density at radius 1 is 1.36 bits per heavy atom. The molecule has 2 aromatic heterocycles. The molecule has 1 atom stereocenters. The van der Waals surface area contributed by atoms with Crippen molar-refractivity contribution in [2.75, 3.05) is 32.7 Å². The van der Waals surface area contributed by atoms with Crippen LogP contribution in [0.2, 0.25) is 0 Å². The third-order valence-electron chi connectivity index (χ3n) is 5.12. The van der Waals surface area contributed by atoms with Crippen LogP contribution < -0.4 is 5.32 Å². The molecule has 10 heteroatoms. The van der Waals surface area contributed by atoms with Crippen LogP contribution in [0.1, 0.15) is 25.2 Å². The van der Waals surface area contributed by atoms with Crippen molar-refractivity contribution in [2.45, 2.75) is 31.7 Å². The summed E-state index contributed by atoms with van der Waals surface area (Å²) in [5.74, 6) is 1.08. The standard InChI is InChI=1S/C18H23N5O4.ClH/c24-16(4-3-15-20-18(21-27-15)13-5-9-26-12-13)22-7-1-2-14(11-22)23-8-6-19-10-17(23)25;/h5,9,12,14,19H,1-4,6-8,10-11H2;1H. The van der Waals surface area contributed by atoms with Gasteiger partial charge in [-0.25, -0.2) is 0 Å². The molecular weight excluding hydrogens is 386 g/mol. The zero-order valence-electron chi connectivity index (χ0n) is 15.5. The number of amides is 2. The summed E-state index contributed by atoms with van der Waals surface area (Å²) in [6, 6.07) is 1.87. The lowest BCUT2D eigenvalue weighted by Gasteiger charge is -2.41. The van der Waals surface area contributed by atoms with Crippen molar-refractivity contribution in [1.29, 1.82) is 0 Å². The van der Waals surface area contributed by atoms with Gasteiger partial charge in [-0.1, -0.05) is 5.16 Å². The first kappa shape index (κ1) is 20.3. The van der Waals surface area contributed by atoms with E-state index in [4.69, 9.17) is 8.94 Å². The maximum atomic E-state index is 12.6. The minimum Gasteiger partial charge on any atom is -0.472 e. The molecule has 0 aliphatic carbocycles.